The van der Waals surface area contributed by atoms with Crippen molar-refractivity contribution in [3.63, 3.8) is 0 Å². The molecule has 0 aromatic heterocycles. The maximum atomic E-state index is 13.4. The molecule has 106 valence electrons. The fourth-order valence-corrected chi connectivity index (χ4v) is 2.55. The first-order chi connectivity index (χ1) is 9.15. The number of hydrogen-bond acceptors (Lipinski definition) is 2. The third-order valence-corrected chi connectivity index (χ3v) is 3.90. The number of halogens is 2. The smallest absolute Gasteiger partial charge is 0.130 e. The Hall–Kier alpha value is -1.00. The first-order valence-electron chi connectivity index (χ1n) is 6.98. The third kappa shape index (κ3) is 4.55. The fourth-order valence-electron chi connectivity index (χ4n) is 2.55. The molecule has 0 amide bonds. The molecule has 0 aliphatic carbocycles. The molecule has 1 aromatic rings. The summed E-state index contributed by atoms with van der Waals surface area (Å²) >= 11 is 0. The van der Waals surface area contributed by atoms with Crippen molar-refractivity contribution in [3.05, 3.63) is 35.4 Å². The molecule has 0 saturated carbocycles. The maximum Gasteiger partial charge on any atom is 0.130 e. The van der Waals surface area contributed by atoms with Gasteiger partial charge in [-0.2, -0.15) is 0 Å². The summed E-state index contributed by atoms with van der Waals surface area (Å²) in [5.74, 6) is -0.207. The van der Waals surface area contributed by atoms with Gasteiger partial charge in [-0.25, -0.2) is 8.78 Å². The summed E-state index contributed by atoms with van der Waals surface area (Å²) in [4.78, 5) is 2.36. The van der Waals surface area contributed by atoms with Crippen molar-refractivity contribution < 1.29 is 8.78 Å². The molecule has 1 heterocycles. The molecule has 0 radical (unpaired) electrons. The second kappa shape index (κ2) is 6.96. The Balaban J connectivity index is 1.66. The number of benzene rings is 1. The third-order valence-electron chi connectivity index (χ3n) is 3.90. The van der Waals surface area contributed by atoms with E-state index in [0.717, 1.165) is 24.9 Å². The zero-order valence-corrected chi connectivity index (χ0v) is 11.5. The first kappa shape index (κ1) is 14.4. The van der Waals surface area contributed by atoms with E-state index in [2.05, 4.69) is 17.3 Å². The van der Waals surface area contributed by atoms with Gasteiger partial charge in [0.2, 0.25) is 0 Å². The van der Waals surface area contributed by atoms with Gasteiger partial charge in [-0.1, -0.05) is 6.07 Å². The zero-order chi connectivity index (χ0) is 13.7. The summed E-state index contributed by atoms with van der Waals surface area (Å²) in [6.45, 7) is 3.72. The van der Waals surface area contributed by atoms with E-state index in [-0.39, 0.29) is 0 Å². The van der Waals surface area contributed by atoms with Crippen LogP contribution in [0.3, 0.4) is 0 Å². The molecule has 19 heavy (non-hydrogen) atoms. The predicted octanol–water partition coefficient (Wildman–Crippen LogP) is 2.79. The van der Waals surface area contributed by atoms with Crippen LogP contribution in [0.1, 0.15) is 24.8 Å². The molecular weight excluding hydrogens is 246 g/mol. The second-order valence-corrected chi connectivity index (χ2v) is 5.45. The molecule has 0 bridgehead atoms. The molecule has 2 nitrogen and oxygen atoms in total. The van der Waals surface area contributed by atoms with Crippen LogP contribution in [0.4, 0.5) is 8.78 Å². The van der Waals surface area contributed by atoms with Gasteiger partial charge in [0.15, 0.2) is 0 Å². The number of piperidine rings is 1. The number of nitrogens with one attached hydrogen (secondary N) is 1. The summed E-state index contributed by atoms with van der Waals surface area (Å²) in [6, 6.07) is 3.75. The lowest BCUT2D eigenvalue weighted by molar-refractivity contribution is 0.211. The lowest BCUT2D eigenvalue weighted by Crippen LogP contribution is -2.31. The Morgan fingerprint density at radius 2 is 2.00 bits per heavy atom. The van der Waals surface area contributed by atoms with Crippen molar-refractivity contribution >= 4 is 0 Å². The minimum absolute atomic E-state index is 0.466. The van der Waals surface area contributed by atoms with E-state index >= 15 is 0 Å². The van der Waals surface area contributed by atoms with Gasteiger partial charge in [0.1, 0.15) is 11.6 Å². The van der Waals surface area contributed by atoms with Crippen LogP contribution >= 0.6 is 0 Å². The minimum Gasteiger partial charge on any atom is -0.313 e. The van der Waals surface area contributed by atoms with E-state index in [1.807, 2.05) is 0 Å². The largest absolute Gasteiger partial charge is 0.313 e. The lowest BCUT2D eigenvalue weighted by Gasteiger charge is -2.28. The molecule has 0 unspecified atom stereocenters. The summed E-state index contributed by atoms with van der Waals surface area (Å²) in [7, 11) is 2.16. The molecule has 0 spiro atoms. The molecule has 1 aliphatic heterocycles. The highest BCUT2D eigenvalue weighted by molar-refractivity contribution is 5.18. The van der Waals surface area contributed by atoms with E-state index in [4.69, 9.17) is 0 Å². The van der Waals surface area contributed by atoms with E-state index in [1.165, 1.54) is 38.1 Å². The fraction of sp³-hybridized carbons (Fsp3) is 0.600. The molecule has 1 fully saturated rings. The van der Waals surface area contributed by atoms with Crippen LogP contribution in [0, 0.1) is 17.6 Å². The van der Waals surface area contributed by atoms with E-state index in [9.17, 15) is 8.78 Å². The van der Waals surface area contributed by atoms with Crippen molar-refractivity contribution in [1.82, 2.24) is 10.2 Å². The van der Waals surface area contributed by atoms with Gasteiger partial charge in [-0.15, -0.1) is 0 Å². The van der Waals surface area contributed by atoms with Crippen molar-refractivity contribution in [2.24, 2.45) is 5.92 Å². The van der Waals surface area contributed by atoms with Crippen LogP contribution in [0.2, 0.25) is 0 Å². The van der Waals surface area contributed by atoms with Gasteiger partial charge in [0, 0.05) is 18.2 Å². The molecule has 1 aromatic carbocycles. The Morgan fingerprint density at radius 1 is 1.26 bits per heavy atom. The van der Waals surface area contributed by atoms with Crippen LogP contribution in [0.25, 0.3) is 0 Å². The monoisotopic (exact) mass is 268 g/mol. The topological polar surface area (TPSA) is 15.3 Å². The molecule has 2 rings (SSSR count). The van der Waals surface area contributed by atoms with Gasteiger partial charge < -0.3 is 10.2 Å². The summed E-state index contributed by atoms with van der Waals surface area (Å²) in [6.07, 6.45) is 3.64. The van der Waals surface area contributed by atoms with Crippen molar-refractivity contribution in [1.29, 1.82) is 0 Å². The molecule has 1 saturated heterocycles. The highest BCUT2D eigenvalue weighted by Crippen LogP contribution is 2.18. The first-order valence-corrected chi connectivity index (χ1v) is 6.98. The average molecular weight is 268 g/mol. The van der Waals surface area contributed by atoms with Crippen molar-refractivity contribution in [3.8, 4) is 0 Å². The van der Waals surface area contributed by atoms with Gasteiger partial charge in [-0.3, -0.25) is 0 Å². The summed E-state index contributed by atoms with van der Waals surface area (Å²) in [5, 5.41) is 3.24. The molecule has 0 atom stereocenters. The lowest BCUT2D eigenvalue weighted by atomic mass is 9.94. The second-order valence-electron chi connectivity index (χ2n) is 5.45. The Kier molecular flexibility index (Phi) is 5.28. The molecule has 1 aliphatic rings. The van der Waals surface area contributed by atoms with Gasteiger partial charge in [0.05, 0.1) is 0 Å². The van der Waals surface area contributed by atoms with Crippen molar-refractivity contribution in [2.75, 3.05) is 26.7 Å². The minimum atomic E-state index is -0.521. The number of likely N-dealkylation sites (tertiary alicyclic amines) is 1. The van der Waals surface area contributed by atoms with Crippen molar-refractivity contribution in [2.45, 2.75) is 25.8 Å². The van der Waals surface area contributed by atoms with Crippen LogP contribution in [-0.2, 0) is 6.54 Å². The van der Waals surface area contributed by atoms with Gasteiger partial charge in [0.25, 0.3) is 0 Å². The molecule has 1 N–H and O–H groups in total. The van der Waals surface area contributed by atoms with E-state index in [1.54, 1.807) is 0 Å². The SMILES string of the molecule is CN1CCC(CCNCc2ccc(F)cc2F)CC1. The Morgan fingerprint density at radius 3 is 2.68 bits per heavy atom. The van der Waals surface area contributed by atoms with E-state index < -0.39 is 11.6 Å². The molecule has 4 heteroatoms. The average Bonchev–Trinajstić information content (AvgIpc) is 2.39. The zero-order valence-electron chi connectivity index (χ0n) is 11.5. The number of nitrogens with zero attached hydrogens (tertiary/aromatic N) is 1. The predicted molar refractivity (Wildman–Crippen MR) is 72.9 cm³/mol. The van der Waals surface area contributed by atoms with Crippen LogP contribution in [0.5, 0.6) is 0 Å². The normalized spacial score (nSPS) is 17.8. The van der Waals surface area contributed by atoms with Gasteiger partial charge >= 0.3 is 0 Å². The maximum absolute atomic E-state index is 13.4. The van der Waals surface area contributed by atoms with Crippen LogP contribution in [0.15, 0.2) is 18.2 Å². The standard InChI is InChI=1S/C15H22F2N2/c1-19-8-5-12(6-9-19)4-7-18-11-13-2-3-14(16)10-15(13)17/h2-3,10,12,18H,4-9,11H2,1H3. The van der Waals surface area contributed by atoms with Crippen LogP contribution in [-0.4, -0.2) is 31.6 Å². The Bertz CT molecular complexity index is 401. The van der Waals surface area contributed by atoms with E-state index in [0.29, 0.717) is 12.1 Å². The van der Waals surface area contributed by atoms with Gasteiger partial charge in [-0.05, 0) is 57.9 Å². The highest BCUT2D eigenvalue weighted by atomic mass is 19.1. The summed E-state index contributed by atoms with van der Waals surface area (Å²) in [5.41, 5.74) is 0.532. The quantitative estimate of drug-likeness (QED) is 0.826. The molecular formula is C15H22F2N2. The van der Waals surface area contributed by atoms with Crippen LogP contribution < -0.4 is 5.32 Å². The number of hydrogen-bond donors (Lipinski definition) is 1. The summed E-state index contributed by atoms with van der Waals surface area (Å²) < 4.78 is 26.1. The number of rotatable bonds is 5. The highest BCUT2D eigenvalue weighted by Gasteiger charge is 2.15. The Labute approximate surface area is 113 Å².